The predicted molar refractivity (Wildman–Crippen MR) is 100 cm³/mol. The number of nitrogens with zero attached hydrogens (tertiary/aromatic N) is 6. The lowest BCUT2D eigenvalue weighted by molar-refractivity contribution is 0.116. The van der Waals surface area contributed by atoms with Gasteiger partial charge in [-0.25, -0.2) is 0 Å². The van der Waals surface area contributed by atoms with Crippen molar-refractivity contribution in [1.82, 2.24) is 24.5 Å². The molecular formula is C19H30N6O. The molecule has 0 aromatic carbocycles. The van der Waals surface area contributed by atoms with E-state index in [4.69, 9.17) is 4.74 Å². The Morgan fingerprint density at radius 3 is 2.69 bits per heavy atom. The first kappa shape index (κ1) is 17.5. The molecule has 2 aliphatic rings. The van der Waals surface area contributed by atoms with Crippen molar-refractivity contribution in [2.75, 3.05) is 31.2 Å². The molecule has 0 amide bonds. The molecule has 4 rings (SSSR count). The number of hydrogen-bond donors (Lipinski definition) is 0. The zero-order chi connectivity index (χ0) is 18.3. The summed E-state index contributed by atoms with van der Waals surface area (Å²) in [4.78, 5) is 2.39. The summed E-state index contributed by atoms with van der Waals surface area (Å²) in [6.07, 6.45) is 2.53. The number of anilines is 1. The van der Waals surface area contributed by atoms with Gasteiger partial charge in [0.05, 0.1) is 18.9 Å². The minimum Gasteiger partial charge on any atom is -0.379 e. The van der Waals surface area contributed by atoms with Crippen LogP contribution in [0.25, 0.3) is 0 Å². The van der Waals surface area contributed by atoms with Crippen LogP contribution in [0.1, 0.15) is 43.9 Å². The van der Waals surface area contributed by atoms with E-state index < -0.39 is 0 Å². The Bertz CT molecular complexity index is 773. The first-order valence-corrected chi connectivity index (χ1v) is 9.72. The van der Waals surface area contributed by atoms with Gasteiger partial charge in [-0.3, -0.25) is 9.25 Å². The van der Waals surface area contributed by atoms with Gasteiger partial charge in [-0.15, -0.1) is 10.2 Å². The summed E-state index contributed by atoms with van der Waals surface area (Å²) in [6, 6.07) is 2.10. The van der Waals surface area contributed by atoms with Gasteiger partial charge in [-0.05, 0) is 38.7 Å². The number of hydrogen-bond acceptors (Lipinski definition) is 5. The third kappa shape index (κ3) is 3.49. The minimum absolute atomic E-state index is 0.348. The highest BCUT2D eigenvalue weighted by atomic mass is 16.5. The van der Waals surface area contributed by atoms with Crippen LogP contribution in [-0.2, 0) is 17.8 Å². The third-order valence-corrected chi connectivity index (χ3v) is 5.43. The molecule has 1 saturated carbocycles. The molecule has 7 nitrogen and oxygen atoms in total. The van der Waals surface area contributed by atoms with Crippen molar-refractivity contribution in [1.29, 1.82) is 0 Å². The molecule has 1 aliphatic heterocycles. The van der Waals surface area contributed by atoms with Gasteiger partial charge in [-0.1, -0.05) is 13.8 Å². The van der Waals surface area contributed by atoms with Gasteiger partial charge in [0.15, 0.2) is 5.82 Å². The average Bonchev–Trinajstić information content (AvgIpc) is 3.20. The molecule has 2 fully saturated rings. The third-order valence-electron chi connectivity index (χ3n) is 5.43. The van der Waals surface area contributed by atoms with Crippen LogP contribution in [0, 0.1) is 25.2 Å². The summed E-state index contributed by atoms with van der Waals surface area (Å²) in [7, 11) is 0. The predicted octanol–water partition coefficient (Wildman–Crippen LogP) is 2.41. The lowest BCUT2D eigenvalue weighted by Gasteiger charge is -2.25. The summed E-state index contributed by atoms with van der Waals surface area (Å²) < 4.78 is 10.2. The fourth-order valence-corrected chi connectivity index (χ4v) is 3.84. The quantitative estimate of drug-likeness (QED) is 0.821. The zero-order valence-electron chi connectivity index (χ0n) is 16.4. The highest BCUT2D eigenvalue weighted by molar-refractivity contribution is 5.33. The second-order valence-electron chi connectivity index (χ2n) is 8.48. The molecule has 7 heteroatoms. The van der Waals surface area contributed by atoms with Crippen LogP contribution < -0.4 is 4.90 Å². The standard InChI is InChI=1S/C19H30N6O/c1-14(2)10-24-17(11-25-16(4)9-15(3)22-25)20-21-18(24)23-7-8-26-13-19(12-23)5-6-19/h9,14H,5-8,10-13H2,1-4H3. The lowest BCUT2D eigenvalue weighted by Crippen LogP contribution is -2.33. The van der Waals surface area contributed by atoms with E-state index in [1.54, 1.807) is 0 Å². The highest BCUT2D eigenvalue weighted by Gasteiger charge is 2.46. The lowest BCUT2D eigenvalue weighted by atomic mass is 10.1. The Morgan fingerprint density at radius 2 is 2.04 bits per heavy atom. The topological polar surface area (TPSA) is 61.0 Å². The molecule has 2 aromatic heterocycles. The van der Waals surface area contributed by atoms with Gasteiger partial charge in [0, 0.05) is 30.7 Å². The summed E-state index contributed by atoms with van der Waals surface area (Å²) in [5.74, 6) is 2.50. The molecule has 0 N–H and O–H groups in total. The first-order valence-electron chi connectivity index (χ1n) is 9.72. The normalized spacial score (nSPS) is 19.3. The minimum atomic E-state index is 0.348. The fourth-order valence-electron chi connectivity index (χ4n) is 3.84. The van der Waals surface area contributed by atoms with Crippen molar-refractivity contribution in [3.05, 3.63) is 23.3 Å². The van der Waals surface area contributed by atoms with Gasteiger partial charge < -0.3 is 9.64 Å². The molecular weight excluding hydrogens is 328 g/mol. The molecule has 1 spiro atoms. The van der Waals surface area contributed by atoms with Gasteiger partial charge in [0.1, 0.15) is 6.54 Å². The Balaban J connectivity index is 1.64. The smallest absolute Gasteiger partial charge is 0.227 e. The maximum atomic E-state index is 5.85. The number of ether oxygens (including phenoxy) is 1. The zero-order valence-corrected chi connectivity index (χ0v) is 16.4. The molecule has 1 saturated heterocycles. The monoisotopic (exact) mass is 358 g/mol. The number of aryl methyl sites for hydroxylation is 2. The molecule has 2 aromatic rings. The largest absolute Gasteiger partial charge is 0.379 e. The summed E-state index contributed by atoms with van der Waals surface area (Å²) in [5.41, 5.74) is 2.54. The van der Waals surface area contributed by atoms with Crippen molar-refractivity contribution >= 4 is 5.95 Å². The van der Waals surface area contributed by atoms with Crippen molar-refractivity contribution in [2.24, 2.45) is 11.3 Å². The van der Waals surface area contributed by atoms with Crippen molar-refractivity contribution in [2.45, 2.75) is 53.6 Å². The first-order chi connectivity index (χ1) is 12.5. The maximum absolute atomic E-state index is 5.85. The van der Waals surface area contributed by atoms with Gasteiger partial charge >= 0.3 is 0 Å². The number of rotatable bonds is 5. The van der Waals surface area contributed by atoms with E-state index in [-0.39, 0.29) is 0 Å². The molecule has 0 unspecified atom stereocenters. The Labute approximate surface area is 155 Å². The van der Waals surface area contributed by atoms with Gasteiger partial charge in [-0.2, -0.15) is 5.10 Å². The van der Waals surface area contributed by atoms with Crippen molar-refractivity contribution in [3.63, 3.8) is 0 Å². The van der Waals surface area contributed by atoms with E-state index in [0.717, 1.165) is 56.0 Å². The molecule has 0 radical (unpaired) electrons. The molecule has 26 heavy (non-hydrogen) atoms. The Kier molecular flexibility index (Phi) is 4.50. The van der Waals surface area contributed by atoms with Crippen LogP contribution >= 0.6 is 0 Å². The van der Waals surface area contributed by atoms with Gasteiger partial charge in [0.25, 0.3) is 0 Å². The van der Waals surface area contributed by atoms with E-state index in [1.165, 1.54) is 12.8 Å². The van der Waals surface area contributed by atoms with Crippen LogP contribution in [0.2, 0.25) is 0 Å². The highest BCUT2D eigenvalue weighted by Crippen LogP contribution is 2.47. The Hall–Kier alpha value is -1.89. The molecule has 3 heterocycles. The van der Waals surface area contributed by atoms with Crippen LogP contribution in [0.5, 0.6) is 0 Å². The van der Waals surface area contributed by atoms with Crippen molar-refractivity contribution in [3.8, 4) is 0 Å². The molecule has 1 aliphatic carbocycles. The fraction of sp³-hybridized carbons (Fsp3) is 0.737. The van der Waals surface area contributed by atoms with Crippen LogP contribution in [0.4, 0.5) is 5.95 Å². The van der Waals surface area contributed by atoms with Crippen molar-refractivity contribution < 1.29 is 4.74 Å². The summed E-state index contributed by atoms with van der Waals surface area (Å²) in [6.45, 7) is 13.8. The second-order valence-corrected chi connectivity index (χ2v) is 8.48. The van der Waals surface area contributed by atoms with E-state index in [2.05, 4.69) is 51.6 Å². The Morgan fingerprint density at radius 1 is 1.23 bits per heavy atom. The van der Waals surface area contributed by atoms with E-state index in [1.807, 2.05) is 11.6 Å². The number of aromatic nitrogens is 5. The SMILES string of the molecule is Cc1cc(C)n(Cc2nnc(N3CCOCC4(CC4)C3)n2CC(C)C)n1. The molecule has 0 bridgehead atoms. The molecule has 142 valence electrons. The van der Waals surface area contributed by atoms with Gasteiger partial charge in [0.2, 0.25) is 5.95 Å². The summed E-state index contributed by atoms with van der Waals surface area (Å²) >= 11 is 0. The van der Waals surface area contributed by atoms with Crippen LogP contribution in [-0.4, -0.2) is 50.8 Å². The molecule has 0 atom stereocenters. The van der Waals surface area contributed by atoms with E-state index >= 15 is 0 Å². The maximum Gasteiger partial charge on any atom is 0.227 e. The second kappa shape index (κ2) is 6.68. The van der Waals surface area contributed by atoms with Crippen LogP contribution in [0.3, 0.4) is 0 Å². The van der Waals surface area contributed by atoms with Crippen LogP contribution in [0.15, 0.2) is 6.07 Å². The van der Waals surface area contributed by atoms with E-state index in [9.17, 15) is 0 Å². The average molecular weight is 358 g/mol. The van der Waals surface area contributed by atoms with E-state index in [0.29, 0.717) is 17.9 Å². The summed E-state index contributed by atoms with van der Waals surface area (Å²) in [5, 5.41) is 13.8.